The van der Waals surface area contributed by atoms with Gasteiger partial charge in [0.05, 0.1) is 13.2 Å². The molecule has 0 aliphatic carbocycles. The first kappa shape index (κ1) is 15.1. The third-order valence-electron chi connectivity index (χ3n) is 3.31. The van der Waals surface area contributed by atoms with Gasteiger partial charge in [-0.15, -0.1) is 0 Å². The minimum atomic E-state index is -0.401. The van der Waals surface area contributed by atoms with Crippen LogP contribution in [0.4, 0.5) is 0 Å². The van der Waals surface area contributed by atoms with Gasteiger partial charge in [-0.2, -0.15) is 0 Å². The van der Waals surface area contributed by atoms with Crippen molar-refractivity contribution >= 4 is 27.9 Å². The van der Waals surface area contributed by atoms with Gasteiger partial charge in [0, 0.05) is 29.2 Å². The van der Waals surface area contributed by atoms with Crippen LogP contribution < -0.4 is 4.74 Å². The number of piperidine rings is 1. The van der Waals surface area contributed by atoms with E-state index >= 15 is 0 Å². The van der Waals surface area contributed by atoms with Crippen molar-refractivity contribution in [3.63, 3.8) is 0 Å². The highest BCUT2D eigenvalue weighted by Crippen LogP contribution is 2.24. The van der Waals surface area contributed by atoms with Crippen molar-refractivity contribution in [3.8, 4) is 5.75 Å². The second-order valence-corrected chi connectivity index (χ2v) is 5.72. The number of rotatable bonds is 3. The average molecular weight is 340 g/mol. The number of likely N-dealkylation sites (tertiary alicyclic amines) is 1. The van der Waals surface area contributed by atoms with Crippen LogP contribution in [0, 0.1) is 0 Å². The minimum absolute atomic E-state index is 0.0780. The molecule has 1 saturated heterocycles. The topological polar surface area (TPSA) is 49.8 Å². The predicted octanol–water partition coefficient (Wildman–Crippen LogP) is 2.45. The van der Waals surface area contributed by atoms with E-state index in [0.29, 0.717) is 13.1 Å². The molecule has 1 heterocycles. The molecule has 1 aromatic carbocycles. The number of β-amino-alcohol motifs (C(OH)–C–C–N with tert-alkyl or cyclic N) is 1. The van der Waals surface area contributed by atoms with Crippen molar-refractivity contribution in [1.29, 1.82) is 0 Å². The normalized spacial score (nSPS) is 19.4. The van der Waals surface area contributed by atoms with Crippen LogP contribution in [0.3, 0.4) is 0 Å². The van der Waals surface area contributed by atoms with Crippen molar-refractivity contribution in [1.82, 2.24) is 4.90 Å². The number of ether oxygens (including phenoxy) is 1. The van der Waals surface area contributed by atoms with E-state index in [9.17, 15) is 9.90 Å². The Hall–Kier alpha value is -1.33. The lowest BCUT2D eigenvalue weighted by Crippen LogP contribution is -2.41. The molecule has 1 aliphatic heterocycles. The number of nitrogens with zero attached hydrogens (tertiary/aromatic N) is 1. The fourth-order valence-electron chi connectivity index (χ4n) is 2.26. The number of methoxy groups -OCH3 is 1. The molecular formula is C15H18BrNO3. The zero-order valence-corrected chi connectivity index (χ0v) is 13.0. The number of aliphatic hydroxyl groups excluding tert-OH is 1. The van der Waals surface area contributed by atoms with Gasteiger partial charge >= 0.3 is 0 Å². The van der Waals surface area contributed by atoms with Crippen LogP contribution in [-0.2, 0) is 4.79 Å². The van der Waals surface area contributed by atoms with E-state index in [1.54, 1.807) is 18.1 Å². The number of amides is 1. The fourth-order valence-corrected chi connectivity index (χ4v) is 2.64. The summed E-state index contributed by atoms with van der Waals surface area (Å²) in [5, 5.41) is 9.59. The summed E-state index contributed by atoms with van der Waals surface area (Å²) in [6, 6.07) is 5.63. The van der Waals surface area contributed by atoms with Gasteiger partial charge in [0.15, 0.2) is 0 Å². The Labute approximate surface area is 127 Å². The molecule has 1 fully saturated rings. The van der Waals surface area contributed by atoms with E-state index in [4.69, 9.17) is 4.74 Å². The Kier molecular flexibility index (Phi) is 5.20. The van der Waals surface area contributed by atoms with Crippen LogP contribution in [0.1, 0.15) is 18.4 Å². The second kappa shape index (κ2) is 6.90. The van der Waals surface area contributed by atoms with Crippen molar-refractivity contribution in [2.24, 2.45) is 0 Å². The van der Waals surface area contributed by atoms with E-state index < -0.39 is 6.10 Å². The maximum Gasteiger partial charge on any atom is 0.246 e. The summed E-state index contributed by atoms with van der Waals surface area (Å²) < 4.78 is 6.19. The van der Waals surface area contributed by atoms with E-state index in [1.165, 1.54) is 6.08 Å². The third-order valence-corrected chi connectivity index (χ3v) is 3.80. The van der Waals surface area contributed by atoms with Gasteiger partial charge in [0.25, 0.3) is 0 Å². The molecule has 0 bridgehead atoms. The van der Waals surface area contributed by atoms with Crippen LogP contribution in [0.25, 0.3) is 6.08 Å². The molecule has 5 heteroatoms. The molecule has 4 nitrogen and oxygen atoms in total. The average Bonchev–Trinajstić information content (AvgIpc) is 2.45. The first-order chi connectivity index (χ1) is 9.60. The molecule has 0 aromatic heterocycles. The Morgan fingerprint density at radius 1 is 1.55 bits per heavy atom. The van der Waals surface area contributed by atoms with Crippen molar-refractivity contribution in [3.05, 3.63) is 34.3 Å². The van der Waals surface area contributed by atoms with E-state index in [1.807, 2.05) is 18.2 Å². The smallest absolute Gasteiger partial charge is 0.246 e. The number of carbonyl (C=O) groups excluding carboxylic acids is 1. The maximum absolute atomic E-state index is 12.1. The molecule has 1 aromatic rings. The number of hydrogen-bond donors (Lipinski definition) is 1. The number of aliphatic hydroxyl groups is 1. The van der Waals surface area contributed by atoms with Crippen LogP contribution in [-0.4, -0.2) is 42.2 Å². The Balaban J connectivity index is 2.08. The van der Waals surface area contributed by atoms with Crippen molar-refractivity contribution < 1.29 is 14.6 Å². The van der Waals surface area contributed by atoms with Gasteiger partial charge < -0.3 is 14.7 Å². The van der Waals surface area contributed by atoms with Crippen molar-refractivity contribution in [2.45, 2.75) is 18.9 Å². The Bertz CT molecular complexity index is 516. The molecule has 2 rings (SSSR count). The largest absolute Gasteiger partial charge is 0.496 e. The van der Waals surface area contributed by atoms with Gasteiger partial charge in [0.1, 0.15) is 5.75 Å². The molecular weight excluding hydrogens is 322 g/mol. The highest BCUT2D eigenvalue weighted by Gasteiger charge is 2.20. The first-order valence-electron chi connectivity index (χ1n) is 6.58. The summed E-state index contributed by atoms with van der Waals surface area (Å²) in [4.78, 5) is 13.8. The summed E-state index contributed by atoms with van der Waals surface area (Å²) >= 11 is 3.40. The van der Waals surface area contributed by atoms with Crippen LogP contribution in [0.15, 0.2) is 28.7 Å². The van der Waals surface area contributed by atoms with Crippen molar-refractivity contribution in [2.75, 3.05) is 20.2 Å². The zero-order valence-electron chi connectivity index (χ0n) is 11.4. The van der Waals surface area contributed by atoms with Gasteiger partial charge in [-0.3, -0.25) is 4.79 Å². The Morgan fingerprint density at radius 3 is 3.05 bits per heavy atom. The first-order valence-corrected chi connectivity index (χ1v) is 7.38. The van der Waals surface area contributed by atoms with Gasteiger partial charge in [-0.25, -0.2) is 0 Å². The zero-order chi connectivity index (χ0) is 14.5. The summed E-state index contributed by atoms with van der Waals surface area (Å²) in [5.74, 6) is 0.640. The summed E-state index contributed by atoms with van der Waals surface area (Å²) in [6.07, 6.45) is 4.49. The molecule has 1 N–H and O–H groups in total. The summed E-state index contributed by atoms with van der Waals surface area (Å²) in [7, 11) is 1.60. The van der Waals surface area contributed by atoms with E-state index in [-0.39, 0.29) is 5.91 Å². The lowest BCUT2D eigenvalue weighted by molar-refractivity contribution is -0.128. The quantitative estimate of drug-likeness (QED) is 0.860. The number of hydrogen-bond acceptors (Lipinski definition) is 3. The molecule has 20 heavy (non-hydrogen) atoms. The standard InChI is InChI=1S/C15H18BrNO3/c1-20-14-6-5-12(16)9-11(14)4-7-15(19)17-8-2-3-13(18)10-17/h4-7,9,13,18H,2-3,8,10H2,1H3/b7-4+. The monoisotopic (exact) mass is 339 g/mol. The maximum atomic E-state index is 12.1. The van der Waals surface area contributed by atoms with Crippen LogP contribution in [0.2, 0.25) is 0 Å². The van der Waals surface area contributed by atoms with E-state index in [0.717, 1.165) is 28.6 Å². The molecule has 0 saturated carbocycles. The van der Waals surface area contributed by atoms with Gasteiger partial charge in [-0.1, -0.05) is 15.9 Å². The van der Waals surface area contributed by atoms with Crippen LogP contribution >= 0.6 is 15.9 Å². The summed E-state index contributed by atoms with van der Waals surface area (Å²) in [5.41, 5.74) is 0.841. The minimum Gasteiger partial charge on any atom is -0.496 e. The second-order valence-electron chi connectivity index (χ2n) is 4.80. The number of halogens is 1. The lowest BCUT2D eigenvalue weighted by atomic mass is 10.1. The third kappa shape index (κ3) is 3.84. The van der Waals surface area contributed by atoms with E-state index in [2.05, 4.69) is 15.9 Å². The van der Waals surface area contributed by atoms with Gasteiger partial charge in [0.2, 0.25) is 5.91 Å². The van der Waals surface area contributed by atoms with Gasteiger partial charge in [-0.05, 0) is 37.1 Å². The molecule has 1 amide bonds. The predicted molar refractivity (Wildman–Crippen MR) is 81.5 cm³/mol. The SMILES string of the molecule is COc1ccc(Br)cc1/C=C/C(=O)N1CCCC(O)C1. The highest BCUT2D eigenvalue weighted by molar-refractivity contribution is 9.10. The Morgan fingerprint density at radius 2 is 2.35 bits per heavy atom. The number of carbonyl (C=O) groups is 1. The molecule has 0 spiro atoms. The molecule has 1 aliphatic rings. The molecule has 108 valence electrons. The molecule has 1 atom stereocenters. The molecule has 1 unspecified atom stereocenters. The lowest BCUT2D eigenvalue weighted by Gasteiger charge is -2.29. The number of benzene rings is 1. The highest BCUT2D eigenvalue weighted by atomic mass is 79.9. The molecule has 0 radical (unpaired) electrons. The summed E-state index contributed by atoms with van der Waals surface area (Å²) in [6.45, 7) is 1.12. The van der Waals surface area contributed by atoms with Crippen LogP contribution in [0.5, 0.6) is 5.75 Å². The fraction of sp³-hybridized carbons (Fsp3) is 0.400.